The van der Waals surface area contributed by atoms with E-state index in [9.17, 15) is 4.39 Å². The molecule has 2 rings (SSSR count). The van der Waals surface area contributed by atoms with E-state index in [0.29, 0.717) is 22.0 Å². The zero-order valence-corrected chi connectivity index (χ0v) is 10.5. The Morgan fingerprint density at radius 1 is 1.33 bits per heavy atom. The van der Waals surface area contributed by atoms with Crippen molar-refractivity contribution in [2.75, 3.05) is 0 Å². The summed E-state index contributed by atoms with van der Waals surface area (Å²) < 4.78 is 13.1. The number of nitriles is 1. The highest BCUT2D eigenvalue weighted by Gasteiger charge is 2.05. The molecule has 3 nitrogen and oxygen atoms in total. The van der Waals surface area contributed by atoms with Crippen LogP contribution >= 0.6 is 11.8 Å². The van der Waals surface area contributed by atoms with Crippen LogP contribution in [0.3, 0.4) is 0 Å². The van der Waals surface area contributed by atoms with Gasteiger partial charge >= 0.3 is 0 Å². The second kappa shape index (κ2) is 5.61. The molecule has 0 fully saturated rings. The highest BCUT2D eigenvalue weighted by Crippen LogP contribution is 2.21. The van der Waals surface area contributed by atoms with E-state index in [0.717, 1.165) is 5.56 Å². The third-order valence-electron chi connectivity index (χ3n) is 2.30. The van der Waals surface area contributed by atoms with Gasteiger partial charge in [-0.3, -0.25) is 0 Å². The zero-order chi connectivity index (χ0) is 13.0. The normalized spacial score (nSPS) is 10.1. The Hall–Kier alpha value is -1.93. The van der Waals surface area contributed by atoms with E-state index in [1.165, 1.54) is 30.0 Å². The van der Waals surface area contributed by atoms with Crippen molar-refractivity contribution in [2.45, 2.75) is 17.8 Å². The van der Waals surface area contributed by atoms with E-state index < -0.39 is 0 Å². The molecule has 0 saturated carbocycles. The lowest BCUT2D eigenvalue weighted by Gasteiger charge is -2.03. The van der Waals surface area contributed by atoms with Crippen LogP contribution in [0.5, 0.6) is 0 Å². The maximum absolute atomic E-state index is 13.1. The molecular weight excluding hydrogens is 249 g/mol. The van der Waals surface area contributed by atoms with Crippen LogP contribution < -0.4 is 0 Å². The summed E-state index contributed by atoms with van der Waals surface area (Å²) in [6.07, 6.45) is 3.46. The van der Waals surface area contributed by atoms with Gasteiger partial charge in [-0.25, -0.2) is 14.4 Å². The first kappa shape index (κ1) is 12.5. The SMILES string of the molecule is Cc1cnc(SCc2cc(F)ccc2C#N)nc1. The Kier molecular flexibility index (Phi) is 3.90. The summed E-state index contributed by atoms with van der Waals surface area (Å²) in [7, 11) is 0. The number of hydrogen-bond donors (Lipinski definition) is 0. The van der Waals surface area contributed by atoms with E-state index in [-0.39, 0.29) is 5.82 Å². The summed E-state index contributed by atoms with van der Waals surface area (Å²) in [5.74, 6) is 0.137. The molecule has 0 bridgehead atoms. The number of aryl methyl sites for hydroxylation is 1. The molecule has 0 aliphatic rings. The number of benzene rings is 1. The number of hydrogen-bond acceptors (Lipinski definition) is 4. The van der Waals surface area contributed by atoms with E-state index in [2.05, 4.69) is 9.97 Å². The Labute approximate surface area is 109 Å². The lowest BCUT2D eigenvalue weighted by Crippen LogP contribution is -1.92. The van der Waals surface area contributed by atoms with Crippen molar-refractivity contribution in [1.29, 1.82) is 5.26 Å². The molecule has 0 aliphatic heterocycles. The van der Waals surface area contributed by atoms with Crippen molar-refractivity contribution < 1.29 is 4.39 Å². The molecule has 1 heterocycles. The number of halogens is 1. The highest BCUT2D eigenvalue weighted by molar-refractivity contribution is 7.98. The van der Waals surface area contributed by atoms with Crippen LogP contribution in [-0.4, -0.2) is 9.97 Å². The molecule has 0 amide bonds. The predicted octanol–water partition coefficient (Wildman–Crippen LogP) is 3.09. The molecular formula is C13H10FN3S. The quantitative estimate of drug-likeness (QED) is 0.628. The van der Waals surface area contributed by atoms with Crippen molar-refractivity contribution >= 4 is 11.8 Å². The van der Waals surface area contributed by atoms with Gasteiger partial charge in [-0.15, -0.1) is 0 Å². The van der Waals surface area contributed by atoms with Gasteiger partial charge in [0.2, 0.25) is 0 Å². The smallest absolute Gasteiger partial charge is 0.187 e. The summed E-state index contributed by atoms with van der Waals surface area (Å²) in [6, 6.07) is 6.20. The Morgan fingerprint density at radius 3 is 2.72 bits per heavy atom. The number of rotatable bonds is 3. The Bertz CT molecular complexity index is 590. The molecule has 0 N–H and O–H groups in total. The van der Waals surface area contributed by atoms with Crippen molar-refractivity contribution in [2.24, 2.45) is 0 Å². The molecule has 0 spiro atoms. The van der Waals surface area contributed by atoms with E-state index in [1.54, 1.807) is 12.4 Å². The number of nitrogens with zero attached hydrogens (tertiary/aromatic N) is 3. The fourth-order valence-electron chi connectivity index (χ4n) is 1.39. The second-order valence-corrected chi connectivity index (χ2v) is 4.69. The van der Waals surface area contributed by atoms with Crippen LogP contribution in [-0.2, 0) is 5.75 Å². The minimum atomic E-state index is -0.338. The molecule has 5 heteroatoms. The largest absolute Gasteiger partial charge is 0.231 e. The minimum Gasteiger partial charge on any atom is -0.231 e. The summed E-state index contributed by atoms with van der Waals surface area (Å²) in [5.41, 5.74) is 2.13. The van der Waals surface area contributed by atoms with E-state index in [4.69, 9.17) is 5.26 Å². The summed E-state index contributed by atoms with van der Waals surface area (Å²) >= 11 is 1.38. The summed E-state index contributed by atoms with van der Waals surface area (Å²) in [4.78, 5) is 8.29. The molecule has 90 valence electrons. The molecule has 18 heavy (non-hydrogen) atoms. The van der Waals surface area contributed by atoms with Crippen LogP contribution in [0.25, 0.3) is 0 Å². The zero-order valence-electron chi connectivity index (χ0n) is 9.72. The monoisotopic (exact) mass is 259 g/mol. The van der Waals surface area contributed by atoms with Gasteiger partial charge in [-0.05, 0) is 36.2 Å². The van der Waals surface area contributed by atoms with E-state index in [1.807, 2.05) is 13.0 Å². The molecule has 2 aromatic rings. The first-order valence-electron chi connectivity index (χ1n) is 5.29. The van der Waals surface area contributed by atoms with Gasteiger partial charge in [-0.1, -0.05) is 11.8 Å². The van der Waals surface area contributed by atoms with Gasteiger partial charge in [0.25, 0.3) is 0 Å². The summed E-state index contributed by atoms with van der Waals surface area (Å²) in [6.45, 7) is 1.91. The lowest BCUT2D eigenvalue weighted by molar-refractivity contribution is 0.626. The van der Waals surface area contributed by atoms with Gasteiger partial charge in [0.05, 0.1) is 11.6 Å². The third-order valence-corrected chi connectivity index (χ3v) is 3.23. The second-order valence-electron chi connectivity index (χ2n) is 3.74. The van der Waals surface area contributed by atoms with Crippen molar-refractivity contribution in [3.05, 3.63) is 53.1 Å². The highest BCUT2D eigenvalue weighted by atomic mass is 32.2. The predicted molar refractivity (Wildman–Crippen MR) is 67.4 cm³/mol. The van der Waals surface area contributed by atoms with Crippen LogP contribution in [0, 0.1) is 24.1 Å². The van der Waals surface area contributed by atoms with Crippen LogP contribution in [0.2, 0.25) is 0 Å². The van der Waals surface area contributed by atoms with Crippen molar-refractivity contribution in [1.82, 2.24) is 9.97 Å². The Balaban J connectivity index is 2.13. The Morgan fingerprint density at radius 2 is 2.06 bits per heavy atom. The average Bonchev–Trinajstić information content (AvgIpc) is 2.38. The fraction of sp³-hybridized carbons (Fsp3) is 0.154. The number of aromatic nitrogens is 2. The fourth-order valence-corrected chi connectivity index (χ4v) is 2.17. The first-order chi connectivity index (χ1) is 8.69. The lowest BCUT2D eigenvalue weighted by atomic mass is 10.1. The molecule has 0 atom stereocenters. The minimum absolute atomic E-state index is 0.338. The maximum atomic E-state index is 13.1. The average molecular weight is 259 g/mol. The molecule has 0 radical (unpaired) electrons. The standard InChI is InChI=1S/C13H10FN3S/c1-9-6-16-13(17-7-9)18-8-11-4-12(14)3-2-10(11)5-15/h2-4,6-7H,8H2,1H3. The summed E-state index contributed by atoms with van der Waals surface area (Å²) in [5, 5.41) is 9.55. The topological polar surface area (TPSA) is 49.6 Å². The van der Waals surface area contributed by atoms with Crippen LogP contribution in [0.1, 0.15) is 16.7 Å². The van der Waals surface area contributed by atoms with Crippen molar-refractivity contribution in [3.8, 4) is 6.07 Å². The van der Waals surface area contributed by atoms with Gasteiger partial charge in [0.1, 0.15) is 5.82 Å². The van der Waals surface area contributed by atoms with Crippen molar-refractivity contribution in [3.63, 3.8) is 0 Å². The third kappa shape index (κ3) is 3.05. The van der Waals surface area contributed by atoms with Gasteiger partial charge in [-0.2, -0.15) is 5.26 Å². The van der Waals surface area contributed by atoms with Gasteiger partial charge in [0, 0.05) is 18.1 Å². The van der Waals surface area contributed by atoms with Gasteiger partial charge in [0.15, 0.2) is 5.16 Å². The van der Waals surface area contributed by atoms with E-state index >= 15 is 0 Å². The maximum Gasteiger partial charge on any atom is 0.187 e. The molecule has 0 unspecified atom stereocenters. The first-order valence-corrected chi connectivity index (χ1v) is 6.27. The number of thioether (sulfide) groups is 1. The molecule has 0 aliphatic carbocycles. The van der Waals surface area contributed by atoms with Crippen LogP contribution in [0.15, 0.2) is 35.7 Å². The van der Waals surface area contributed by atoms with Crippen LogP contribution in [0.4, 0.5) is 4.39 Å². The van der Waals surface area contributed by atoms with Gasteiger partial charge < -0.3 is 0 Å². The molecule has 1 aromatic heterocycles. The molecule has 1 aromatic carbocycles. The molecule has 0 saturated heterocycles.